The standard InChI is InChI=1S/C12H20N2O2/c15-11-8-10(9-13-11)12(16)14-6-4-2-1-3-5-7-14/h10H,1-9H2,(H,13,15). The Labute approximate surface area is 96.4 Å². The average molecular weight is 224 g/mol. The topological polar surface area (TPSA) is 49.4 Å². The summed E-state index contributed by atoms with van der Waals surface area (Å²) in [6, 6.07) is 0. The monoisotopic (exact) mass is 224 g/mol. The molecule has 2 rings (SSSR count). The molecule has 2 aliphatic heterocycles. The Hall–Kier alpha value is -1.06. The lowest BCUT2D eigenvalue weighted by Crippen LogP contribution is -2.38. The zero-order valence-electron chi connectivity index (χ0n) is 9.71. The number of nitrogens with one attached hydrogen (secondary N) is 1. The van der Waals surface area contributed by atoms with Gasteiger partial charge in [0.2, 0.25) is 11.8 Å². The summed E-state index contributed by atoms with van der Waals surface area (Å²) in [7, 11) is 0. The summed E-state index contributed by atoms with van der Waals surface area (Å²) in [5.41, 5.74) is 0. The van der Waals surface area contributed by atoms with Gasteiger partial charge in [0.05, 0.1) is 5.92 Å². The Balaban J connectivity index is 1.89. The van der Waals surface area contributed by atoms with Crippen LogP contribution in [0.25, 0.3) is 0 Å². The van der Waals surface area contributed by atoms with Gasteiger partial charge >= 0.3 is 0 Å². The molecular weight excluding hydrogens is 204 g/mol. The molecular formula is C12H20N2O2. The minimum Gasteiger partial charge on any atom is -0.355 e. The van der Waals surface area contributed by atoms with E-state index in [1.54, 1.807) is 0 Å². The predicted octanol–water partition coefficient (Wildman–Crippen LogP) is 0.915. The van der Waals surface area contributed by atoms with Gasteiger partial charge in [0, 0.05) is 26.1 Å². The Kier molecular flexibility index (Phi) is 3.80. The molecule has 4 nitrogen and oxygen atoms in total. The summed E-state index contributed by atoms with van der Waals surface area (Å²) in [4.78, 5) is 25.2. The van der Waals surface area contributed by atoms with E-state index in [2.05, 4.69) is 5.32 Å². The Bertz CT molecular complexity index is 270. The van der Waals surface area contributed by atoms with Gasteiger partial charge < -0.3 is 10.2 Å². The fourth-order valence-corrected chi connectivity index (χ4v) is 2.51. The van der Waals surface area contributed by atoms with E-state index < -0.39 is 0 Å². The van der Waals surface area contributed by atoms with Crippen LogP contribution in [0.5, 0.6) is 0 Å². The van der Waals surface area contributed by atoms with Crippen molar-refractivity contribution >= 4 is 11.8 Å². The first-order valence-corrected chi connectivity index (χ1v) is 6.33. The third kappa shape index (κ3) is 2.74. The number of nitrogens with zero attached hydrogens (tertiary/aromatic N) is 1. The number of rotatable bonds is 1. The number of carbonyl (C=O) groups excluding carboxylic acids is 2. The molecule has 90 valence electrons. The maximum Gasteiger partial charge on any atom is 0.227 e. The Morgan fingerprint density at radius 3 is 2.31 bits per heavy atom. The highest BCUT2D eigenvalue weighted by Crippen LogP contribution is 2.16. The number of hydrogen-bond donors (Lipinski definition) is 1. The molecule has 0 bridgehead atoms. The van der Waals surface area contributed by atoms with Crippen LogP contribution in [-0.4, -0.2) is 36.3 Å². The van der Waals surface area contributed by atoms with Crippen LogP contribution in [0.15, 0.2) is 0 Å². The Morgan fingerprint density at radius 1 is 1.12 bits per heavy atom. The molecule has 2 saturated heterocycles. The van der Waals surface area contributed by atoms with Gasteiger partial charge in [-0.2, -0.15) is 0 Å². The van der Waals surface area contributed by atoms with Crippen LogP contribution in [0.1, 0.15) is 38.5 Å². The maximum absolute atomic E-state index is 12.1. The first-order valence-electron chi connectivity index (χ1n) is 6.33. The van der Waals surface area contributed by atoms with E-state index >= 15 is 0 Å². The van der Waals surface area contributed by atoms with Crippen LogP contribution in [0.2, 0.25) is 0 Å². The van der Waals surface area contributed by atoms with Gasteiger partial charge in [-0.25, -0.2) is 0 Å². The summed E-state index contributed by atoms with van der Waals surface area (Å²) >= 11 is 0. The minimum atomic E-state index is -0.105. The maximum atomic E-state index is 12.1. The lowest BCUT2D eigenvalue weighted by Gasteiger charge is -2.26. The molecule has 1 unspecified atom stereocenters. The molecule has 0 spiro atoms. The van der Waals surface area contributed by atoms with Crippen LogP contribution in [0, 0.1) is 5.92 Å². The van der Waals surface area contributed by atoms with Gasteiger partial charge in [-0.05, 0) is 12.8 Å². The number of hydrogen-bond acceptors (Lipinski definition) is 2. The molecule has 2 fully saturated rings. The van der Waals surface area contributed by atoms with Crippen molar-refractivity contribution in [1.29, 1.82) is 0 Å². The second kappa shape index (κ2) is 5.32. The molecule has 0 aromatic carbocycles. The molecule has 2 aliphatic rings. The quantitative estimate of drug-likeness (QED) is 0.720. The van der Waals surface area contributed by atoms with Crippen LogP contribution in [0.3, 0.4) is 0 Å². The molecule has 4 heteroatoms. The van der Waals surface area contributed by atoms with E-state index in [0.717, 1.165) is 25.9 Å². The van der Waals surface area contributed by atoms with Crippen molar-refractivity contribution in [2.24, 2.45) is 5.92 Å². The lowest BCUT2D eigenvalue weighted by atomic mass is 10.0. The van der Waals surface area contributed by atoms with Crippen LogP contribution in [-0.2, 0) is 9.59 Å². The van der Waals surface area contributed by atoms with E-state index in [1.807, 2.05) is 4.90 Å². The van der Waals surface area contributed by atoms with Crippen LogP contribution >= 0.6 is 0 Å². The second-order valence-corrected chi connectivity index (χ2v) is 4.80. The molecule has 2 heterocycles. The van der Waals surface area contributed by atoms with Crippen molar-refractivity contribution in [1.82, 2.24) is 10.2 Å². The predicted molar refractivity (Wildman–Crippen MR) is 60.8 cm³/mol. The highest BCUT2D eigenvalue weighted by Gasteiger charge is 2.31. The second-order valence-electron chi connectivity index (χ2n) is 4.80. The fourth-order valence-electron chi connectivity index (χ4n) is 2.51. The highest BCUT2D eigenvalue weighted by molar-refractivity contribution is 5.89. The molecule has 0 aromatic rings. The Morgan fingerprint density at radius 2 is 1.75 bits per heavy atom. The van der Waals surface area contributed by atoms with Crippen molar-refractivity contribution in [3.63, 3.8) is 0 Å². The SMILES string of the molecule is O=C1CC(C(=O)N2CCCCCCC2)CN1. The van der Waals surface area contributed by atoms with Gasteiger partial charge in [-0.1, -0.05) is 19.3 Å². The van der Waals surface area contributed by atoms with Gasteiger partial charge in [-0.3, -0.25) is 9.59 Å². The molecule has 1 atom stereocenters. The van der Waals surface area contributed by atoms with Crippen molar-refractivity contribution < 1.29 is 9.59 Å². The van der Waals surface area contributed by atoms with Crippen molar-refractivity contribution in [2.45, 2.75) is 38.5 Å². The molecule has 0 aromatic heterocycles. The third-order valence-electron chi connectivity index (χ3n) is 3.49. The summed E-state index contributed by atoms with van der Waals surface area (Å²) in [5.74, 6) is 0.0950. The number of likely N-dealkylation sites (tertiary alicyclic amines) is 1. The van der Waals surface area contributed by atoms with E-state index in [9.17, 15) is 9.59 Å². The van der Waals surface area contributed by atoms with E-state index in [0.29, 0.717) is 13.0 Å². The normalized spacial score (nSPS) is 27.1. The van der Waals surface area contributed by atoms with Gasteiger partial charge in [0.25, 0.3) is 0 Å². The van der Waals surface area contributed by atoms with Crippen LogP contribution < -0.4 is 5.32 Å². The first kappa shape index (κ1) is 11.4. The first-order chi connectivity index (χ1) is 7.77. The molecule has 2 amide bonds. The van der Waals surface area contributed by atoms with Crippen molar-refractivity contribution in [2.75, 3.05) is 19.6 Å². The molecule has 0 saturated carbocycles. The van der Waals surface area contributed by atoms with Gasteiger partial charge in [0.1, 0.15) is 0 Å². The van der Waals surface area contributed by atoms with Gasteiger partial charge in [0.15, 0.2) is 0 Å². The van der Waals surface area contributed by atoms with Crippen LogP contribution in [0.4, 0.5) is 0 Å². The third-order valence-corrected chi connectivity index (χ3v) is 3.49. The van der Waals surface area contributed by atoms with E-state index in [1.165, 1.54) is 19.3 Å². The molecule has 0 aliphatic carbocycles. The zero-order valence-corrected chi connectivity index (χ0v) is 9.71. The summed E-state index contributed by atoms with van der Waals surface area (Å²) in [5, 5.41) is 2.73. The van der Waals surface area contributed by atoms with Crippen molar-refractivity contribution in [3.05, 3.63) is 0 Å². The molecule has 0 radical (unpaired) electrons. The van der Waals surface area contributed by atoms with Crippen molar-refractivity contribution in [3.8, 4) is 0 Å². The number of carbonyl (C=O) groups is 2. The zero-order chi connectivity index (χ0) is 11.4. The fraction of sp³-hybridized carbons (Fsp3) is 0.833. The smallest absolute Gasteiger partial charge is 0.227 e. The summed E-state index contributed by atoms with van der Waals surface area (Å²) in [6.07, 6.45) is 6.36. The van der Waals surface area contributed by atoms with Gasteiger partial charge in [-0.15, -0.1) is 0 Å². The lowest BCUT2D eigenvalue weighted by molar-refractivity contribution is -0.136. The highest BCUT2D eigenvalue weighted by atomic mass is 16.2. The van der Waals surface area contributed by atoms with E-state index in [4.69, 9.17) is 0 Å². The molecule has 1 N–H and O–H groups in total. The minimum absolute atomic E-state index is 0.0189. The molecule has 16 heavy (non-hydrogen) atoms. The number of amides is 2. The van der Waals surface area contributed by atoms with E-state index in [-0.39, 0.29) is 17.7 Å². The summed E-state index contributed by atoms with van der Waals surface area (Å²) in [6.45, 7) is 2.29. The largest absolute Gasteiger partial charge is 0.355 e. The average Bonchev–Trinajstić information content (AvgIpc) is 2.63. The summed E-state index contributed by atoms with van der Waals surface area (Å²) < 4.78 is 0.